The highest BCUT2D eigenvalue weighted by molar-refractivity contribution is 7.89. The predicted molar refractivity (Wildman–Crippen MR) is 77.7 cm³/mol. The van der Waals surface area contributed by atoms with Gasteiger partial charge in [-0.25, -0.2) is 13.1 Å². The number of hydrogen-bond donors (Lipinski definition) is 2. The van der Waals surface area contributed by atoms with Gasteiger partial charge in [0.15, 0.2) is 0 Å². The summed E-state index contributed by atoms with van der Waals surface area (Å²) in [5.74, 6) is 0.641. The van der Waals surface area contributed by atoms with E-state index in [4.69, 9.17) is 5.73 Å². The molecule has 0 aromatic heterocycles. The van der Waals surface area contributed by atoms with Crippen molar-refractivity contribution in [1.82, 2.24) is 4.72 Å². The smallest absolute Gasteiger partial charge is 0.242 e. The Balaban J connectivity index is 2.41. The van der Waals surface area contributed by atoms with Crippen LogP contribution in [0.2, 0.25) is 0 Å². The fourth-order valence-electron chi connectivity index (χ4n) is 2.50. The first-order valence-electron chi connectivity index (χ1n) is 6.56. The van der Waals surface area contributed by atoms with Gasteiger partial charge >= 0.3 is 0 Å². The number of nitrogens with zero attached hydrogens (tertiary/aromatic N) is 1. The Kier molecular flexibility index (Phi) is 4.01. The number of nitrogens with two attached hydrogens (primary N) is 1. The molecule has 3 N–H and O–H groups in total. The number of nitrogen functional groups attached to an aromatic ring is 1. The van der Waals surface area contributed by atoms with Gasteiger partial charge in [-0.15, -0.1) is 0 Å². The van der Waals surface area contributed by atoms with Crippen molar-refractivity contribution in [2.45, 2.75) is 24.7 Å². The molecule has 0 radical (unpaired) electrons. The molecule has 0 amide bonds. The van der Waals surface area contributed by atoms with Crippen LogP contribution < -0.4 is 15.4 Å². The first-order valence-corrected chi connectivity index (χ1v) is 8.04. The maximum Gasteiger partial charge on any atom is 0.242 e. The molecule has 1 saturated heterocycles. The number of benzene rings is 1. The second-order valence-electron chi connectivity index (χ2n) is 4.94. The molecule has 1 aromatic carbocycles. The minimum atomic E-state index is -3.48. The van der Waals surface area contributed by atoms with Gasteiger partial charge in [-0.1, -0.05) is 13.3 Å². The molecule has 5 nitrogen and oxygen atoms in total. The molecule has 1 fully saturated rings. The topological polar surface area (TPSA) is 75.4 Å². The summed E-state index contributed by atoms with van der Waals surface area (Å²) in [6, 6.07) is 5.08. The van der Waals surface area contributed by atoms with E-state index in [1.807, 2.05) is 0 Å². The van der Waals surface area contributed by atoms with Crippen molar-refractivity contribution in [2.24, 2.45) is 5.92 Å². The molecule has 1 unspecified atom stereocenters. The monoisotopic (exact) mass is 283 g/mol. The molecule has 1 aromatic rings. The molecule has 1 aliphatic heterocycles. The predicted octanol–water partition coefficient (Wildman–Crippen LogP) is 1.41. The van der Waals surface area contributed by atoms with Crippen LogP contribution in [0.15, 0.2) is 23.1 Å². The highest BCUT2D eigenvalue weighted by Gasteiger charge is 2.26. The third-order valence-corrected chi connectivity index (χ3v) is 5.19. The largest absolute Gasteiger partial charge is 0.399 e. The van der Waals surface area contributed by atoms with Crippen LogP contribution in [0, 0.1) is 5.92 Å². The second-order valence-corrected chi connectivity index (χ2v) is 6.80. The van der Waals surface area contributed by atoms with Crippen molar-refractivity contribution in [3.8, 4) is 0 Å². The zero-order valence-corrected chi connectivity index (χ0v) is 12.2. The van der Waals surface area contributed by atoms with E-state index in [1.165, 1.54) is 13.1 Å². The summed E-state index contributed by atoms with van der Waals surface area (Å²) < 4.78 is 26.5. The van der Waals surface area contributed by atoms with E-state index in [0.717, 1.165) is 31.6 Å². The van der Waals surface area contributed by atoms with Crippen molar-refractivity contribution in [3.05, 3.63) is 18.2 Å². The Morgan fingerprint density at radius 1 is 1.47 bits per heavy atom. The minimum Gasteiger partial charge on any atom is -0.399 e. The van der Waals surface area contributed by atoms with Gasteiger partial charge in [0.25, 0.3) is 0 Å². The van der Waals surface area contributed by atoms with Gasteiger partial charge < -0.3 is 10.6 Å². The summed E-state index contributed by atoms with van der Waals surface area (Å²) in [6.07, 6.45) is 2.24. The summed E-state index contributed by atoms with van der Waals surface area (Å²) in [7, 11) is -2.07. The molecule has 106 valence electrons. The summed E-state index contributed by atoms with van der Waals surface area (Å²) >= 11 is 0. The normalized spacial score (nSPS) is 19.9. The SMILES string of the molecule is CCC1CCN(c2ccc(N)cc2S(=O)(=O)NC)C1. The van der Waals surface area contributed by atoms with Crippen LogP contribution in [-0.2, 0) is 10.0 Å². The molecule has 2 rings (SSSR count). The van der Waals surface area contributed by atoms with Crippen LogP contribution in [-0.4, -0.2) is 28.6 Å². The van der Waals surface area contributed by atoms with E-state index in [2.05, 4.69) is 16.5 Å². The van der Waals surface area contributed by atoms with Crippen molar-refractivity contribution < 1.29 is 8.42 Å². The van der Waals surface area contributed by atoms with Gasteiger partial charge in [-0.3, -0.25) is 0 Å². The fourth-order valence-corrected chi connectivity index (χ4v) is 3.49. The highest BCUT2D eigenvalue weighted by atomic mass is 32.2. The molecule has 0 saturated carbocycles. The van der Waals surface area contributed by atoms with Gasteiger partial charge in [-0.05, 0) is 37.6 Å². The lowest BCUT2D eigenvalue weighted by atomic mass is 10.1. The molecule has 0 aliphatic carbocycles. The van der Waals surface area contributed by atoms with Gasteiger partial charge in [-0.2, -0.15) is 0 Å². The van der Waals surface area contributed by atoms with Crippen LogP contribution in [0.1, 0.15) is 19.8 Å². The van der Waals surface area contributed by atoms with Crippen LogP contribution in [0.5, 0.6) is 0 Å². The van der Waals surface area contributed by atoms with Crippen LogP contribution >= 0.6 is 0 Å². The van der Waals surface area contributed by atoms with Crippen LogP contribution in [0.25, 0.3) is 0 Å². The number of hydrogen-bond acceptors (Lipinski definition) is 4. The fraction of sp³-hybridized carbons (Fsp3) is 0.538. The number of anilines is 2. The second kappa shape index (κ2) is 5.38. The Morgan fingerprint density at radius 2 is 2.21 bits per heavy atom. The molecule has 0 spiro atoms. The summed E-state index contributed by atoms with van der Waals surface area (Å²) in [4.78, 5) is 2.41. The highest BCUT2D eigenvalue weighted by Crippen LogP contribution is 2.32. The van der Waals surface area contributed by atoms with E-state index in [9.17, 15) is 8.42 Å². The standard InChI is InChI=1S/C13H21N3O2S/c1-3-10-6-7-16(9-10)12-5-4-11(14)8-13(12)19(17,18)15-2/h4-5,8,10,15H,3,6-7,9,14H2,1-2H3. The summed E-state index contributed by atoms with van der Waals surface area (Å²) in [5.41, 5.74) is 6.93. The molecule has 1 aliphatic rings. The molecule has 1 atom stereocenters. The lowest BCUT2D eigenvalue weighted by Crippen LogP contribution is -2.25. The molecular weight excluding hydrogens is 262 g/mol. The quantitative estimate of drug-likeness (QED) is 0.819. The van der Waals surface area contributed by atoms with Crippen LogP contribution in [0.4, 0.5) is 11.4 Å². The Bertz CT molecular complexity index is 557. The average Bonchev–Trinajstić information content (AvgIpc) is 2.87. The van der Waals surface area contributed by atoms with E-state index in [1.54, 1.807) is 12.1 Å². The summed E-state index contributed by atoms with van der Waals surface area (Å²) in [5, 5.41) is 0. The molecule has 6 heteroatoms. The van der Waals surface area contributed by atoms with Crippen molar-refractivity contribution in [1.29, 1.82) is 0 Å². The van der Waals surface area contributed by atoms with Crippen molar-refractivity contribution in [2.75, 3.05) is 30.8 Å². The first kappa shape index (κ1) is 14.1. The first-order chi connectivity index (χ1) is 8.97. The van der Waals surface area contributed by atoms with Crippen LogP contribution in [0.3, 0.4) is 0 Å². The molecule has 1 heterocycles. The number of nitrogens with one attached hydrogen (secondary N) is 1. The zero-order chi connectivity index (χ0) is 14.0. The lowest BCUT2D eigenvalue weighted by molar-refractivity contribution is 0.568. The zero-order valence-electron chi connectivity index (χ0n) is 11.4. The maximum absolute atomic E-state index is 12.1. The third kappa shape index (κ3) is 2.84. The van der Waals surface area contributed by atoms with Gasteiger partial charge in [0.2, 0.25) is 10.0 Å². The van der Waals surface area contributed by atoms with Crippen molar-refractivity contribution in [3.63, 3.8) is 0 Å². The molecule has 0 bridgehead atoms. The van der Waals surface area contributed by atoms with E-state index in [0.29, 0.717) is 11.6 Å². The summed E-state index contributed by atoms with van der Waals surface area (Å²) in [6.45, 7) is 3.98. The minimum absolute atomic E-state index is 0.270. The Hall–Kier alpha value is -1.27. The molecular formula is C13H21N3O2S. The molecule has 19 heavy (non-hydrogen) atoms. The third-order valence-electron chi connectivity index (χ3n) is 3.75. The van der Waals surface area contributed by atoms with Crippen molar-refractivity contribution >= 4 is 21.4 Å². The average molecular weight is 283 g/mol. The Morgan fingerprint density at radius 3 is 2.79 bits per heavy atom. The lowest BCUT2D eigenvalue weighted by Gasteiger charge is -2.22. The van der Waals surface area contributed by atoms with E-state index >= 15 is 0 Å². The Labute approximate surface area is 114 Å². The van der Waals surface area contributed by atoms with E-state index in [-0.39, 0.29) is 4.90 Å². The number of sulfonamides is 1. The number of rotatable bonds is 4. The van der Waals surface area contributed by atoms with E-state index < -0.39 is 10.0 Å². The van der Waals surface area contributed by atoms with Gasteiger partial charge in [0, 0.05) is 18.8 Å². The van der Waals surface area contributed by atoms with Gasteiger partial charge in [0.05, 0.1) is 5.69 Å². The van der Waals surface area contributed by atoms with Gasteiger partial charge in [0.1, 0.15) is 4.90 Å². The maximum atomic E-state index is 12.1.